The Morgan fingerprint density at radius 1 is 1.31 bits per heavy atom. The van der Waals surface area contributed by atoms with Gasteiger partial charge in [0.05, 0.1) is 5.75 Å². The Bertz CT molecular complexity index is 290. The van der Waals surface area contributed by atoms with Gasteiger partial charge in [0.2, 0.25) is 10.0 Å². The van der Waals surface area contributed by atoms with E-state index in [2.05, 4.69) is 11.8 Å². The van der Waals surface area contributed by atoms with Crippen molar-refractivity contribution >= 4 is 10.0 Å². The molecule has 1 aliphatic rings. The van der Waals surface area contributed by atoms with Crippen LogP contribution in [0.5, 0.6) is 0 Å². The fraction of sp³-hybridized carbons (Fsp3) is 1.00. The molecular weight excluding hydrogens is 224 g/mol. The first-order valence-corrected chi connectivity index (χ1v) is 7.99. The van der Waals surface area contributed by atoms with Gasteiger partial charge in [-0.2, -0.15) is 0 Å². The van der Waals surface area contributed by atoms with Gasteiger partial charge in [0.25, 0.3) is 0 Å². The average Bonchev–Trinajstić information content (AvgIpc) is 2.58. The molecule has 16 heavy (non-hydrogen) atoms. The molecule has 96 valence electrons. The summed E-state index contributed by atoms with van der Waals surface area (Å²) < 4.78 is 22.1. The minimum absolute atomic E-state index is 0.126. The van der Waals surface area contributed by atoms with Gasteiger partial charge in [-0.05, 0) is 32.4 Å². The molecule has 0 unspecified atom stereocenters. The van der Waals surface area contributed by atoms with Crippen molar-refractivity contribution in [1.82, 2.24) is 4.90 Å². The van der Waals surface area contributed by atoms with Gasteiger partial charge in [0, 0.05) is 6.04 Å². The van der Waals surface area contributed by atoms with Crippen LogP contribution in [0.1, 0.15) is 45.4 Å². The smallest absolute Gasteiger partial charge is 0.210 e. The van der Waals surface area contributed by atoms with E-state index in [0.717, 1.165) is 25.9 Å². The summed E-state index contributed by atoms with van der Waals surface area (Å²) in [5, 5.41) is 5.10. The van der Waals surface area contributed by atoms with Crippen LogP contribution in [0, 0.1) is 0 Å². The van der Waals surface area contributed by atoms with E-state index >= 15 is 0 Å². The Kier molecular flexibility index (Phi) is 5.72. The van der Waals surface area contributed by atoms with E-state index in [4.69, 9.17) is 5.14 Å². The average molecular weight is 248 g/mol. The second-order valence-corrected chi connectivity index (χ2v) is 6.38. The summed E-state index contributed by atoms with van der Waals surface area (Å²) >= 11 is 0. The normalized spacial score (nSPS) is 22.8. The third kappa shape index (κ3) is 5.27. The number of rotatable bonds is 7. The number of likely N-dealkylation sites (tertiary alicyclic amines) is 1. The summed E-state index contributed by atoms with van der Waals surface area (Å²) in [5.41, 5.74) is 0. The van der Waals surface area contributed by atoms with Gasteiger partial charge in [-0.1, -0.05) is 26.2 Å². The molecule has 0 bridgehead atoms. The molecule has 0 spiro atoms. The largest absolute Gasteiger partial charge is 0.299 e. The van der Waals surface area contributed by atoms with Gasteiger partial charge in [-0.15, -0.1) is 0 Å². The zero-order valence-electron chi connectivity index (χ0n) is 10.2. The van der Waals surface area contributed by atoms with E-state index in [0.29, 0.717) is 0 Å². The molecule has 1 saturated heterocycles. The molecule has 0 radical (unpaired) electrons. The summed E-state index contributed by atoms with van der Waals surface area (Å²) in [6.07, 6.45) is 7.01. The quantitative estimate of drug-likeness (QED) is 0.691. The Labute approximate surface area is 99.2 Å². The maximum atomic E-state index is 11.1. The summed E-state index contributed by atoms with van der Waals surface area (Å²) in [7, 11) is -3.32. The van der Waals surface area contributed by atoms with Crippen LogP contribution < -0.4 is 5.14 Å². The Hall–Kier alpha value is -0.130. The molecule has 0 amide bonds. The number of sulfonamides is 1. The number of nitrogens with two attached hydrogens (primary N) is 1. The third-order valence-electron chi connectivity index (χ3n) is 3.22. The molecule has 1 aliphatic heterocycles. The summed E-state index contributed by atoms with van der Waals surface area (Å²) in [6, 6.07) is 0.164. The standard InChI is InChI=1S/C11H24N2O2S/c1-2-3-4-5-8-13-9-6-7-11(13)10-16(12,14)15/h11H,2-10H2,1H3,(H2,12,14,15)/t11-/m1/s1. The van der Waals surface area contributed by atoms with Crippen LogP contribution >= 0.6 is 0 Å². The molecule has 1 heterocycles. The SMILES string of the molecule is CCCCCCN1CCC[C@@H]1CS(N)(=O)=O. The van der Waals surface area contributed by atoms with Crippen LogP contribution in [0.15, 0.2) is 0 Å². The molecule has 0 aromatic heterocycles. The van der Waals surface area contributed by atoms with Crippen LogP contribution in [-0.4, -0.2) is 38.2 Å². The van der Waals surface area contributed by atoms with Crippen LogP contribution in [0.2, 0.25) is 0 Å². The Morgan fingerprint density at radius 2 is 2.06 bits per heavy atom. The molecule has 0 aromatic rings. The van der Waals surface area contributed by atoms with Crippen LogP contribution in [0.3, 0.4) is 0 Å². The third-order valence-corrected chi connectivity index (χ3v) is 4.07. The fourth-order valence-corrected chi connectivity index (χ4v) is 3.30. The number of unbranched alkanes of at least 4 members (excludes halogenated alkanes) is 3. The van der Waals surface area contributed by atoms with Crippen molar-refractivity contribution in [2.24, 2.45) is 5.14 Å². The lowest BCUT2D eigenvalue weighted by molar-refractivity contribution is 0.263. The van der Waals surface area contributed by atoms with E-state index in [1.807, 2.05) is 0 Å². The number of hydrogen-bond donors (Lipinski definition) is 1. The van der Waals surface area contributed by atoms with Crippen molar-refractivity contribution in [2.45, 2.75) is 51.5 Å². The van der Waals surface area contributed by atoms with E-state index in [1.165, 1.54) is 25.7 Å². The topological polar surface area (TPSA) is 63.4 Å². The van der Waals surface area contributed by atoms with Gasteiger partial charge in [-0.3, -0.25) is 4.90 Å². The first-order valence-electron chi connectivity index (χ1n) is 6.27. The summed E-state index contributed by atoms with van der Waals surface area (Å²) in [4.78, 5) is 2.29. The predicted molar refractivity (Wildman–Crippen MR) is 66.7 cm³/mol. The minimum Gasteiger partial charge on any atom is -0.299 e. The molecule has 1 rings (SSSR count). The predicted octanol–water partition coefficient (Wildman–Crippen LogP) is 1.32. The highest BCUT2D eigenvalue weighted by atomic mass is 32.2. The van der Waals surface area contributed by atoms with E-state index in [-0.39, 0.29) is 11.8 Å². The fourth-order valence-electron chi connectivity index (χ4n) is 2.39. The van der Waals surface area contributed by atoms with Gasteiger partial charge in [0.1, 0.15) is 0 Å². The van der Waals surface area contributed by atoms with E-state index < -0.39 is 10.0 Å². The lowest BCUT2D eigenvalue weighted by atomic mass is 10.2. The second kappa shape index (κ2) is 6.57. The summed E-state index contributed by atoms with van der Waals surface area (Å²) in [5.74, 6) is 0.126. The van der Waals surface area contributed by atoms with Gasteiger partial charge in [0.15, 0.2) is 0 Å². The highest BCUT2D eigenvalue weighted by Crippen LogP contribution is 2.19. The molecule has 1 atom stereocenters. The minimum atomic E-state index is -3.32. The maximum absolute atomic E-state index is 11.1. The number of nitrogens with zero attached hydrogens (tertiary/aromatic N) is 1. The Morgan fingerprint density at radius 3 is 2.69 bits per heavy atom. The lowest BCUT2D eigenvalue weighted by Gasteiger charge is -2.23. The molecule has 5 heteroatoms. The second-order valence-electron chi connectivity index (χ2n) is 4.72. The van der Waals surface area contributed by atoms with Crippen molar-refractivity contribution in [3.63, 3.8) is 0 Å². The maximum Gasteiger partial charge on any atom is 0.210 e. The van der Waals surface area contributed by atoms with Crippen LogP contribution in [0.4, 0.5) is 0 Å². The van der Waals surface area contributed by atoms with Crippen molar-refractivity contribution in [3.05, 3.63) is 0 Å². The molecule has 4 nitrogen and oxygen atoms in total. The first-order chi connectivity index (χ1) is 7.53. The van der Waals surface area contributed by atoms with Crippen molar-refractivity contribution in [3.8, 4) is 0 Å². The first kappa shape index (κ1) is 13.9. The van der Waals surface area contributed by atoms with Gasteiger partial charge in [-0.25, -0.2) is 13.6 Å². The Balaban J connectivity index is 2.29. The molecule has 2 N–H and O–H groups in total. The molecule has 1 fully saturated rings. The van der Waals surface area contributed by atoms with Gasteiger partial charge < -0.3 is 0 Å². The highest BCUT2D eigenvalue weighted by Gasteiger charge is 2.27. The molecule has 0 saturated carbocycles. The van der Waals surface area contributed by atoms with Gasteiger partial charge >= 0.3 is 0 Å². The lowest BCUT2D eigenvalue weighted by Crippen LogP contribution is -2.37. The van der Waals surface area contributed by atoms with E-state index in [1.54, 1.807) is 0 Å². The van der Waals surface area contributed by atoms with Crippen molar-refractivity contribution < 1.29 is 8.42 Å². The monoisotopic (exact) mass is 248 g/mol. The van der Waals surface area contributed by atoms with E-state index in [9.17, 15) is 8.42 Å². The number of hydrogen-bond acceptors (Lipinski definition) is 3. The van der Waals surface area contributed by atoms with Crippen LogP contribution in [0.25, 0.3) is 0 Å². The van der Waals surface area contributed by atoms with Crippen molar-refractivity contribution in [1.29, 1.82) is 0 Å². The van der Waals surface area contributed by atoms with Crippen LogP contribution in [-0.2, 0) is 10.0 Å². The number of primary sulfonamides is 1. The molecule has 0 aromatic carbocycles. The molecular formula is C11H24N2O2S. The highest BCUT2D eigenvalue weighted by molar-refractivity contribution is 7.89. The van der Waals surface area contributed by atoms with Crippen molar-refractivity contribution in [2.75, 3.05) is 18.8 Å². The molecule has 0 aliphatic carbocycles. The zero-order valence-corrected chi connectivity index (χ0v) is 11.0. The summed E-state index contributed by atoms with van der Waals surface area (Å²) in [6.45, 7) is 4.26. The zero-order chi connectivity index (χ0) is 12.0.